The zero-order valence-corrected chi connectivity index (χ0v) is 19.9. The van der Waals surface area contributed by atoms with Crippen LogP contribution in [0.5, 0.6) is 0 Å². The lowest BCUT2D eigenvalue weighted by molar-refractivity contribution is -0.154. The number of aryl methyl sites for hydroxylation is 1. The number of rotatable bonds is 14. The molecule has 9 heteroatoms. The number of hydrogen-bond donors (Lipinski definition) is 0. The summed E-state index contributed by atoms with van der Waals surface area (Å²) in [6.07, 6.45) is 3.46. The van der Waals surface area contributed by atoms with Crippen LogP contribution in [0.4, 0.5) is 0 Å². The molecule has 0 saturated carbocycles. The SMILES string of the molecule is CC(C)(C)CCOCCOC(=O)CCc1cn(CCOCCOC(=O)C(C)(C)C)nn1. The highest BCUT2D eigenvalue weighted by Gasteiger charge is 2.22. The van der Waals surface area contributed by atoms with E-state index in [1.54, 1.807) is 10.9 Å². The fourth-order valence-electron chi connectivity index (χ4n) is 2.23. The third-order valence-corrected chi connectivity index (χ3v) is 4.20. The summed E-state index contributed by atoms with van der Waals surface area (Å²) in [7, 11) is 0. The lowest BCUT2D eigenvalue weighted by atomic mass is 9.93. The summed E-state index contributed by atoms with van der Waals surface area (Å²) in [4.78, 5) is 23.4. The molecule has 31 heavy (non-hydrogen) atoms. The van der Waals surface area contributed by atoms with Crippen LogP contribution >= 0.6 is 0 Å². The van der Waals surface area contributed by atoms with Crippen LogP contribution in [0.3, 0.4) is 0 Å². The van der Waals surface area contributed by atoms with Gasteiger partial charge in [-0.1, -0.05) is 26.0 Å². The van der Waals surface area contributed by atoms with Gasteiger partial charge in [0, 0.05) is 19.2 Å². The predicted molar refractivity (Wildman–Crippen MR) is 115 cm³/mol. The van der Waals surface area contributed by atoms with Crippen molar-refractivity contribution in [2.75, 3.05) is 39.6 Å². The van der Waals surface area contributed by atoms with E-state index in [9.17, 15) is 9.59 Å². The number of esters is 2. The summed E-state index contributed by atoms with van der Waals surface area (Å²) in [6.45, 7) is 14.7. The average molecular weight is 442 g/mol. The molecule has 9 nitrogen and oxygen atoms in total. The van der Waals surface area contributed by atoms with Gasteiger partial charge in [0.15, 0.2) is 0 Å². The minimum atomic E-state index is -0.511. The molecule has 0 aliphatic rings. The van der Waals surface area contributed by atoms with E-state index in [1.165, 1.54) is 0 Å². The molecule has 1 aromatic heterocycles. The van der Waals surface area contributed by atoms with Gasteiger partial charge in [-0.05, 0) is 32.6 Å². The summed E-state index contributed by atoms with van der Waals surface area (Å²) >= 11 is 0. The summed E-state index contributed by atoms with van der Waals surface area (Å²) in [5, 5.41) is 8.07. The molecule has 0 amide bonds. The first kappa shape index (κ1) is 27.0. The smallest absolute Gasteiger partial charge is 0.311 e. The second-order valence-corrected chi connectivity index (χ2v) is 9.61. The van der Waals surface area contributed by atoms with E-state index in [1.807, 2.05) is 20.8 Å². The molecule has 0 aliphatic heterocycles. The van der Waals surface area contributed by atoms with Gasteiger partial charge in [0.2, 0.25) is 0 Å². The normalized spacial score (nSPS) is 12.1. The zero-order valence-electron chi connectivity index (χ0n) is 19.9. The molecule has 0 N–H and O–H groups in total. The van der Waals surface area contributed by atoms with Gasteiger partial charge in [-0.25, -0.2) is 4.68 Å². The van der Waals surface area contributed by atoms with Gasteiger partial charge in [-0.2, -0.15) is 0 Å². The standard InChI is InChI=1S/C22H39N3O6/c1-21(2,3)9-11-28-13-15-30-19(26)8-7-18-17-25(24-23-18)10-12-29-14-16-31-20(27)22(4,5)6/h17H,7-16H2,1-6H3. The lowest BCUT2D eigenvalue weighted by Crippen LogP contribution is -2.24. The minimum absolute atomic E-state index is 0.225. The Hall–Kier alpha value is -2.00. The topological polar surface area (TPSA) is 102 Å². The fourth-order valence-corrected chi connectivity index (χ4v) is 2.23. The molecule has 0 atom stereocenters. The third kappa shape index (κ3) is 13.8. The van der Waals surface area contributed by atoms with Crippen LogP contribution in [-0.2, 0) is 41.5 Å². The first-order valence-electron chi connectivity index (χ1n) is 10.8. The van der Waals surface area contributed by atoms with Gasteiger partial charge in [-0.15, -0.1) is 5.10 Å². The number of hydrogen-bond acceptors (Lipinski definition) is 8. The van der Waals surface area contributed by atoms with Gasteiger partial charge in [0.25, 0.3) is 0 Å². The molecule has 1 aromatic rings. The van der Waals surface area contributed by atoms with Crippen LogP contribution in [0.2, 0.25) is 0 Å². The molecule has 0 bridgehead atoms. The van der Waals surface area contributed by atoms with Crippen molar-refractivity contribution in [3.05, 3.63) is 11.9 Å². The Labute approximate surface area is 185 Å². The van der Waals surface area contributed by atoms with Crippen molar-refractivity contribution < 1.29 is 28.5 Å². The highest BCUT2D eigenvalue weighted by Crippen LogP contribution is 2.17. The Balaban J connectivity index is 2.08. The van der Waals surface area contributed by atoms with Gasteiger partial charge >= 0.3 is 11.9 Å². The van der Waals surface area contributed by atoms with E-state index < -0.39 is 5.41 Å². The van der Waals surface area contributed by atoms with E-state index in [2.05, 4.69) is 31.1 Å². The van der Waals surface area contributed by atoms with Gasteiger partial charge in [0.05, 0.1) is 43.9 Å². The van der Waals surface area contributed by atoms with Gasteiger partial charge in [-0.3, -0.25) is 9.59 Å². The molecule has 0 saturated heterocycles. The Morgan fingerprint density at radius 3 is 2.19 bits per heavy atom. The van der Waals surface area contributed by atoms with Crippen LogP contribution in [0, 0.1) is 10.8 Å². The molecule has 0 fully saturated rings. The van der Waals surface area contributed by atoms with Crippen LogP contribution in [-0.4, -0.2) is 66.6 Å². The number of carbonyl (C=O) groups is 2. The number of nitrogens with zero attached hydrogens (tertiary/aromatic N) is 3. The van der Waals surface area contributed by atoms with Crippen LogP contribution < -0.4 is 0 Å². The quantitative estimate of drug-likeness (QED) is 0.321. The van der Waals surface area contributed by atoms with Crippen molar-refractivity contribution in [1.82, 2.24) is 15.0 Å². The maximum Gasteiger partial charge on any atom is 0.311 e. The Bertz CT molecular complexity index is 661. The molecule has 178 valence electrons. The Kier molecular flexibility index (Phi) is 11.7. The molecular formula is C22H39N3O6. The van der Waals surface area contributed by atoms with Crippen molar-refractivity contribution in [1.29, 1.82) is 0 Å². The Morgan fingerprint density at radius 2 is 1.55 bits per heavy atom. The zero-order chi connectivity index (χ0) is 23.3. The third-order valence-electron chi connectivity index (χ3n) is 4.20. The van der Waals surface area contributed by atoms with E-state index in [0.717, 1.165) is 12.1 Å². The number of ether oxygens (including phenoxy) is 4. The minimum Gasteiger partial charge on any atom is -0.463 e. The van der Waals surface area contributed by atoms with Crippen LogP contribution in [0.15, 0.2) is 6.20 Å². The average Bonchev–Trinajstić information content (AvgIpc) is 3.11. The highest BCUT2D eigenvalue weighted by atomic mass is 16.6. The van der Waals surface area contributed by atoms with E-state index in [4.69, 9.17) is 18.9 Å². The fraction of sp³-hybridized carbons (Fsp3) is 0.818. The molecule has 0 spiro atoms. The molecule has 0 radical (unpaired) electrons. The van der Waals surface area contributed by atoms with E-state index in [-0.39, 0.29) is 37.0 Å². The molecule has 0 aliphatic carbocycles. The van der Waals surface area contributed by atoms with E-state index >= 15 is 0 Å². The number of aromatic nitrogens is 3. The van der Waals surface area contributed by atoms with E-state index in [0.29, 0.717) is 39.4 Å². The summed E-state index contributed by atoms with van der Waals surface area (Å²) < 4.78 is 22.9. The molecular weight excluding hydrogens is 402 g/mol. The van der Waals surface area contributed by atoms with Crippen molar-refractivity contribution in [3.63, 3.8) is 0 Å². The van der Waals surface area contributed by atoms with Gasteiger partial charge in [0.1, 0.15) is 13.2 Å². The molecule has 0 unspecified atom stereocenters. The summed E-state index contributed by atoms with van der Waals surface area (Å²) in [5.41, 5.74) is 0.447. The monoisotopic (exact) mass is 441 g/mol. The van der Waals surface area contributed by atoms with Crippen molar-refractivity contribution in [2.45, 2.75) is 67.3 Å². The van der Waals surface area contributed by atoms with Gasteiger partial charge < -0.3 is 18.9 Å². The largest absolute Gasteiger partial charge is 0.463 e. The summed E-state index contributed by atoms with van der Waals surface area (Å²) in [5.74, 6) is -0.522. The van der Waals surface area contributed by atoms with Crippen molar-refractivity contribution >= 4 is 11.9 Å². The first-order chi connectivity index (χ1) is 14.5. The highest BCUT2D eigenvalue weighted by molar-refractivity contribution is 5.75. The second kappa shape index (κ2) is 13.4. The Morgan fingerprint density at radius 1 is 0.903 bits per heavy atom. The first-order valence-corrected chi connectivity index (χ1v) is 10.8. The van der Waals surface area contributed by atoms with Crippen LogP contribution in [0.1, 0.15) is 60.1 Å². The maximum absolute atomic E-state index is 11.8. The molecule has 1 heterocycles. The van der Waals surface area contributed by atoms with Crippen molar-refractivity contribution in [3.8, 4) is 0 Å². The molecule has 1 rings (SSSR count). The predicted octanol–water partition coefficient (Wildman–Crippen LogP) is 2.81. The van der Waals surface area contributed by atoms with Crippen molar-refractivity contribution in [2.24, 2.45) is 10.8 Å². The maximum atomic E-state index is 11.8. The lowest BCUT2D eigenvalue weighted by Gasteiger charge is -2.17. The molecule has 0 aromatic carbocycles. The summed E-state index contributed by atoms with van der Waals surface area (Å²) in [6, 6.07) is 0. The van der Waals surface area contributed by atoms with Crippen LogP contribution in [0.25, 0.3) is 0 Å². The second-order valence-electron chi connectivity index (χ2n) is 9.61. The number of carbonyl (C=O) groups excluding carboxylic acids is 2.